The second kappa shape index (κ2) is 8.89. The van der Waals surface area contributed by atoms with E-state index in [1.807, 2.05) is 42.5 Å². The first-order valence-electron chi connectivity index (χ1n) is 9.55. The van der Waals surface area contributed by atoms with E-state index in [-0.39, 0.29) is 22.7 Å². The second-order valence-electron chi connectivity index (χ2n) is 6.81. The summed E-state index contributed by atoms with van der Waals surface area (Å²) in [5.74, 6) is -0.397. The SMILES string of the molecule is Cc1nn(-c2ccccc2)c(Cl)c1C(=O)NCc1ccc(NC(=O)c2ccco2)cc1. The third-order valence-corrected chi connectivity index (χ3v) is 4.99. The molecular weight excluding hydrogens is 416 g/mol. The highest BCUT2D eigenvalue weighted by Gasteiger charge is 2.21. The number of para-hydroxylation sites is 1. The summed E-state index contributed by atoms with van der Waals surface area (Å²) in [6.07, 6.45) is 1.44. The van der Waals surface area contributed by atoms with Crippen LogP contribution in [0, 0.1) is 6.92 Å². The third-order valence-electron chi connectivity index (χ3n) is 4.64. The van der Waals surface area contributed by atoms with Gasteiger partial charge in [-0.05, 0) is 48.9 Å². The molecule has 2 aromatic heterocycles. The number of aromatic nitrogens is 2. The van der Waals surface area contributed by atoms with E-state index in [9.17, 15) is 9.59 Å². The Morgan fingerprint density at radius 1 is 1.00 bits per heavy atom. The summed E-state index contributed by atoms with van der Waals surface area (Å²) >= 11 is 6.44. The van der Waals surface area contributed by atoms with Crippen LogP contribution in [-0.2, 0) is 6.54 Å². The van der Waals surface area contributed by atoms with Gasteiger partial charge in [0.25, 0.3) is 11.8 Å². The lowest BCUT2D eigenvalue weighted by atomic mass is 10.2. The summed E-state index contributed by atoms with van der Waals surface area (Å²) in [7, 11) is 0. The fourth-order valence-corrected chi connectivity index (χ4v) is 3.43. The van der Waals surface area contributed by atoms with Gasteiger partial charge in [-0.3, -0.25) is 9.59 Å². The van der Waals surface area contributed by atoms with Crippen molar-refractivity contribution in [2.75, 3.05) is 5.32 Å². The van der Waals surface area contributed by atoms with Crippen molar-refractivity contribution in [3.8, 4) is 5.69 Å². The largest absolute Gasteiger partial charge is 0.459 e. The molecule has 0 aliphatic heterocycles. The first kappa shape index (κ1) is 20.4. The molecule has 8 heteroatoms. The number of aryl methyl sites for hydroxylation is 1. The van der Waals surface area contributed by atoms with E-state index in [1.54, 1.807) is 35.9 Å². The molecule has 0 atom stereocenters. The van der Waals surface area contributed by atoms with E-state index >= 15 is 0 Å². The predicted molar refractivity (Wildman–Crippen MR) is 118 cm³/mol. The summed E-state index contributed by atoms with van der Waals surface area (Å²) in [6, 6.07) is 19.8. The normalized spacial score (nSPS) is 10.6. The monoisotopic (exact) mass is 434 g/mol. The van der Waals surface area contributed by atoms with Gasteiger partial charge in [0, 0.05) is 12.2 Å². The van der Waals surface area contributed by atoms with Crippen LogP contribution in [0.25, 0.3) is 5.69 Å². The van der Waals surface area contributed by atoms with Gasteiger partial charge in [-0.2, -0.15) is 5.10 Å². The van der Waals surface area contributed by atoms with Gasteiger partial charge in [-0.1, -0.05) is 41.9 Å². The number of furan rings is 1. The minimum absolute atomic E-state index is 0.236. The van der Waals surface area contributed by atoms with Crippen molar-refractivity contribution in [1.29, 1.82) is 0 Å². The highest BCUT2D eigenvalue weighted by molar-refractivity contribution is 6.33. The fraction of sp³-hybridized carbons (Fsp3) is 0.0870. The van der Waals surface area contributed by atoms with Gasteiger partial charge in [-0.15, -0.1) is 0 Å². The van der Waals surface area contributed by atoms with Crippen LogP contribution in [0.3, 0.4) is 0 Å². The number of amides is 2. The maximum Gasteiger partial charge on any atom is 0.291 e. The topological polar surface area (TPSA) is 89.2 Å². The van der Waals surface area contributed by atoms with Crippen LogP contribution >= 0.6 is 11.6 Å². The van der Waals surface area contributed by atoms with Gasteiger partial charge in [-0.25, -0.2) is 4.68 Å². The van der Waals surface area contributed by atoms with Gasteiger partial charge in [0.1, 0.15) is 5.15 Å². The van der Waals surface area contributed by atoms with E-state index in [2.05, 4.69) is 15.7 Å². The minimum atomic E-state index is -0.327. The molecule has 2 amide bonds. The molecule has 31 heavy (non-hydrogen) atoms. The molecule has 4 aromatic rings. The van der Waals surface area contributed by atoms with Gasteiger partial charge in [0.2, 0.25) is 0 Å². The number of nitrogens with zero attached hydrogens (tertiary/aromatic N) is 2. The second-order valence-corrected chi connectivity index (χ2v) is 7.17. The van der Waals surface area contributed by atoms with Crippen molar-refractivity contribution >= 4 is 29.1 Å². The number of halogens is 1. The molecule has 0 aliphatic carbocycles. The molecule has 0 bridgehead atoms. The molecule has 156 valence electrons. The van der Waals surface area contributed by atoms with Crippen LogP contribution in [0.15, 0.2) is 77.4 Å². The Morgan fingerprint density at radius 3 is 2.42 bits per heavy atom. The Balaban J connectivity index is 1.40. The maximum absolute atomic E-state index is 12.7. The number of rotatable bonds is 6. The summed E-state index contributed by atoms with van der Waals surface area (Å²) < 4.78 is 6.61. The molecule has 0 radical (unpaired) electrons. The van der Waals surface area contributed by atoms with Crippen molar-refractivity contribution in [1.82, 2.24) is 15.1 Å². The first-order valence-corrected chi connectivity index (χ1v) is 9.93. The number of carbonyl (C=O) groups is 2. The summed E-state index contributed by atoms with van der Waals surface area (Å²) in [5.41, 5.74) is 3.16. The molecule has 2 aromatic carbocycles. The number of anilines is 1. The number of carbonyl (C=O) groups excluding carboxylic acids is 2. The van der Waals surface area contributed by atoms with Crippen molar-refractivity contribution in [3.05, 3.63) is 101 Å². The average Bonchev–Trinajstić information content (AvgIpc) is 3.42. The first-order chi connectivity index (χ1) is 15.0. The predicted octanol–water partition coefficient (Wildman–Crippen LogP) is 4.61. The Labute approximate surface area is 183 Å². The zero-order valence-electron chi connectivity index (χ0n) is 16.6. The lowest BCUT2D eigenvalue weighted by molar-refractivity contribution is 0.0949. The molecular formula is C23H19ClN4O3. The molecule has 0 spiro atoms. The van der Waals surface area contributed by atoms with E-state index < -0.39 is 0 Å². The number of hydrogen-bond donors (Lipinski definition) is 2. The van der Waals surface area contributed by atoms with Crippen LogP contribution in [0.1, 0.15) is 32.2 Å². The zero-order valence-corrected chi connectivity index (χ0v) is 17.4. The molecule has 4 rings (SSSR count). The van der Waals surface area contributed by atoms with Gasteiger partial charge in [0.15, 0.2) is 5.76 Å². The molecule has 0 fully saturated rings. The Morgan fingerprint density at radius 2 is 1.74 bits per heavy atom. The van der Waals surface area contributed by atoms with Crippen molar-refractivity contribution in [2.24, 2.45) is 0 Å². The smallest absolute Gasteiger partial charge is 0.291 e. The zero-order chi connectivity index (χ0) is 21.8. The van der Waals surface area contributed by atoms with Gasteiger partial charge in [0.05, 0.1) is 23.2 Å². The van der Waals surface area contributed by atoms with E-state index in [4.69, 9.17) is 16.0 Å². The number of hydrogen-bond acceptors (Lipinski definition) is 4. The number of benzene rings is 2. The number of nitrogens with one attached hydrogen (secondary N) is 2. The Kier molecular flexibility index (Phi) is 5.86. The van der Waals surface area contributed by atoms with Crippen LogP contribution in [0.5, 0.6) is 0 Å². The van der Waals surface area contributed by atoms with Crippen LogP contribution in [0.4, 0.5) is 5.69 Å². The van der Waals surface area contributed by atoms with E-state index in [0.29, 0.717) is 23.5 Å². The van der Waals surface area contributed by atoms with Gasteiger partial charge < -0.3 is 15.1 Å². The van der Waals surface area contributed by atoms with Gasteiger partial charge >= 0.3 is 0 Å². The van der Waals surface area contributed by atoms with Crippen LogP contribution in [0.2, 0.25) is 5.15 Å². The lowest BCUT2D eigenvalue weighted by Crippen LogP contribution is -2.23. The Bertz CT molecular complexity index is 1200. The van der Waals surface area contributed by atoms with Crippen molar-refractivity contribution in [2.45, 2.75) is 13.5 Å². The maximum atomic E-state index is 12.7. The highest BCUT2D eigenvalue weighted by Crippen LogP contribution is 2.23. The van der Waals surface area contributed by atoms with Crippen molar-refractivity contribution < 1.29 is 14.0 Å². The quantitative estimate of drug-likeness (QED) is 0.463. The molecule has 2 N–H and O–H groups in total. The average molecular weight is 435 g/mol. The summed E-state index contributed by atoms with van der Waals surface area (Å²) in [5, 5.41) is 10.3. The fourth-order valence-electron chi connectivity index (χ4n) is 3.07. The molecule has 7 nitrogen and oxygen atoms in total. The molecule has 0 unspecified atom stereocenters. The molecule has 0 saturated heterocycles. The van der Waals surface area contributed by atoms with E-state index in [0.717, 1.165) is 11.3 Å². The lowest BCUT2D eigenvalue weighted by Gasteiger charge is -2.08. The molecule has 0 aliphatic rings. The summed E-state index contributed by atoms with van der Waals surface area (Å²) in [6.45, 7) is 2.05. The minimum Gasteiger partial charge on any atom is -0.459 e. The molecule has 2 heterocycles. The third kappa shape index (κ3) is 4.51. The Hall–Kier alpha value is -3.84. The van der Waals surface area contributed by atoms with Crippen molar-refractivity contribution in [3.63, 3.8) is 0 Å². The molecule has 0 saturated carbocycles. The van der Waals surface area contributed by atoms with Crippen LogP contribution in [-0.4, -0.2) is 21.6 Å². The summed E-state index contributed by atoms with van der Waals surface area (Å²) in [4.78, 5) is 24.7. The standard InChI is InChI=1S/C23H19ClN4O3/c1-15-20(21(24)28(27-15)18-6-3-2-4-7-18)23(30)25-14-16-9-11-17(12-10-16)26-22(29)19-8-5-13-31-19/h2-13H,14H2,1H3,(H,25,30)(H,26,29). The van der Waals surface area contributed by atoms with E-state index in [1.165, 1.54) is 6.26 Å². The van der Waals surface area contributed by atoms with Crippen LogP contribution < -0.4 is 10.6 Å². The highest BCUT2D eigenvalue weighted by atomic mass is 35.5.